The molecule has 0 bridgehead atoms. The number of benzene rings is 1. The molecule has 2 aromatic rings. The molecule has 1 aromatic heterocycles. The van der Waals surface area contributed by atoms with Gasteiger partial charge in [0.1, 0.15) is 5.82 Å². The number of nitrogens with two attached hydrogens (primary N) is 1. The Balaban J connectivity index is 1.98. The summed E-state index contributed by atoms with van der Waals surface area (Å²) in [5.41, 5.74) is 7.83. The van der Waals surface area contributed by atoms with Gasteiger partial charge in [-0.2, -0.15) is 0 Å². The van der Waals surface area contributed by atoms with Gasteiger partial charge in [0.2, 0.25) is 0 Å². The fraction of sp³-hybridized carbons (Fsp3) is 0.231. The van der Waals surface area contributed by atoms with Crippen LogP contribution in [0.5, 0.6) is 0 Å². The number of anilines is 1. The Morgan fingerprint density at radius 2 is 2.00 bits per heavy atom. The molecule has 2 rings (SSSR count). The molecule has 1 heterocycles. The summed E-state index contributed by atoms with van der Waals surface area (Å²) >= 11 is 5.11. The SMILES string of the molecule is CN(Cc1csc(Br)c1)Cc1ccc(N)c(F)c1. The van der Waals surface area contributed by atoms with Crippen molar-refractivity contribution in [3.8, 4) is 0 Å². The molecule has 96 valence electrons. The molecule has 0 amide bonds. The molecule has 18 heavy (non-hydrogen) atoms. The van der Waals surface area contributed by atoms with Crippen LogP contribution in [0.25, 0.3) is 0 Å². The first-order valence-electron chi connectivity index (χ1n) is 5.50. The molecule has 5 heteroatoms. The van der Waals surface area contributed by atoms with Gasteiger partial charge in [0, 0.05) is 13.1 Å². The first kappa shape index (κ1) is 13.5. The van der Waals surface area contributed by atoms with Gasteiger partial charge >= 0.3 is 0 Å². The zero-order chi connectivity index (χ0) is 13.1. The molecule has 2 N–H and O–H groups in total. The topological polar surface area (TPSA) is 29.3 Å². The third kappa shape index (κ3) is 3.54. The highest BCUT2D eigenvalue weighted by Gasteiger charge is 2.05. The van der Waals surface area contributed by atoms with Gasteiger partial charge in [-0.25, -0.2) is 4.39 Å². The lowest BCUT2D eigenvalue weighted by Gasteiger charge is -2.16. The summed E-state index contributed by atoms with van der Waals surface area (Å²) < 4.78 is 14.4. The molecular weight excluding hydrogens is 315 g/mol. The van der Waals surface area contributed by atoms with E-state index in [9.17, 15) is 4.39 Å². The molecular formula is C13H14BrFN2S. The van der Waals surface area contributed by atoms with Crippen LogP contribution >= 0.6 is 27.3 Å². The summed E-state index contributed by atoms with van der Waals surface area (Å²) in [4.78, 5) is 2.14. The molecule has 0 fully saturated rings. The summed E-state index contributed by atoms with van der Waals surface area (Å²) in [5, 5.41) is 2.12. The Morgan fingerprint density at radius 3 is 2.61 bits per heavy atom. The molecule has 2 nitrogen and oxygen atoms in total. The monoisotopic (exact) mass is 328 g/mol. The number of halogens is 2. The smallest absolute Gasteiger partial charge is 0.146 e. The average Bonchev–Trinajstić information content (AvgIpc) is 2.69. The number of hydrogen-bond acceptors (Lipinski definition) is 3. The van der Waals surface area contributed by atoms with E-state index in [0.29, 0.717) is 6.54 Å². The normalized spacial score (nSPS) is 11.1. The molecule has 1 aromatic carbocycles. The maximum Gasteiger partial charge on any atom is 0.146 e. The number of rotatable bonds is 4. The van der Waals surface area contributed by atoms with E-state index in [1.165, 1.54) is 11.6 Å². The summed E-state index contributed by atoms with van der Waals surface area (Å²) in [6.07, 6.45) is 0. The van der Waals surface area contributed by atoms with Gasteiger partial charge in [-0.15, -0.1) is 11.3 Å². The van der Waals surface area contributed by atoms with Crippen LogP contribution in [0.15, 0.2) is 33.4 Å². The fourth-order valence-corrected chi connectivity index (χ4v) is 2.98. The first-order chi connectivity index (χ1) is 8.54. The Bertz CT molecular complexity index is 542. The maximum atomic E-state index is 13.3. The minimum absolute atomic E-state index is 0.197. The quantitative estimate of drug-likeness (QED) is 0.863. The summed E-state index contributed by atoms with van der Waals surface area (Å²) in [6.45, 7) is 1.54. The van der Waals surface area contributed by atoms with Gasteiger partial charge < -0.3 is 5.73 Å². The zero-order valence-electron chi connectivity index (χ0n) is 9.99. The second kappa shape index (κ2) is 5.82. The van der Waals surface area contributed by atoms with Crippen molar-refractivity contribution in [3.63, 3.8) is 0 Å². The zero-order valence-corrected chi connectivity index (χ0v) is 12.4. The Labute approximate surface area is 118 Å². The van der Waals surface area contributed by atoms with Crippen LogP contribution in [0.1, 0.15) is 11.1 Å². The van der Waals surface area contributed by atoms with Crippen molar-refractivity contribution in [2.75, 3.05) is 12.8 Å². The maximum absolute atomic E-state index is 13.3. The first-order valence-corrected chi connectivity index (χ1v) is 7.17. The summed E-state index contributed by atoms with van der Waals surface area (Å²) in [6, 6.07) is 7.07. The average molecular weight is 329 g/mol. The van der Waals surface area contributed by atoms with Crippen LogP contribution in [-0.2, 0) is 13.1 Å². The van der Waals surface area contributed by atoms with Gasteiger partial charge in [0.25, 0.3) is 0 Å². The van der Waals surface area contributed by atoms with Crippen LogP contribution < -0.4 is 5.73 Å². The standard InChI is InChI=1S/C13H14BrFN2S/c1-17(7-10-5-13(14)18-8-10)6-9-2-3-12(16)11(15)4-9/h2-5,8H,6-7,16H2,1H3. The second-order valence-corrected chi connectivity index (χ2v) is 6.58. The largest absolute Gasteiger partial charge is 0.396 e. The van der Waals surface area contributed by atoms with Gasteiger partial charge in [-0.05, 0) is 57.7 Å². The van der Waals surface area contributed by atoms with E-state index in [0.717, 1.165) is 15.9 Å². The highest BCUT2D eigenvalue weighted by molar-refractivity contribution is 9.11. The van der Waals surface area contributed by atoms with Crippen LogP contribution in [0.4, 0.5) is 10.1 Å². The third-order valence-corrected chi connectivity index (χ3v) is 4.14. The summed E-state index contributed by atoms with van der Waals surface area (Å²) in [5.74, 6) is -0.348. The van der Waals surface area contributed by atoms with Gasteiger partial charge in [-0.3, -0.25) is 4.90 Å². The van der Waals surface area contributed by atoms with Gasteiger partial charge in [-0.1, -0.05) is 6.07 Å². The number of nitrogens with zero attached hydrogens (tertiary/aromatic N) is 1. The molecule has 0 aliphatic rings. The number of nitrogen functional groups attached to an aromatic ring is 1. The van der Waals surface area contributed by atoms with Crippen molar-refractivity contribution in [1.29, 1.82) is 0 Å². The van der Waals surface area contributed by atoms with Crippen molar-refractivity contribution in [2.45, 2.75) is 13.1 Å². The molecule has 0 saturated heterocycles. The van der Waals surface area contributed by atoms with Crippen molar-refractivity contribution in [2.24, 2.45) is 0 Å². The number of thiophene rings is 1. The molecule has 0 radical (unpaired) electrons. The van der Waals surface area contributed by atoms with E-state index in [2.05, 4.69) is 32.3 Å². The van der Waals surface area contributed by atoms with Crippen LogP contribution in [0.2, 0.25) is 0 Å². The molecule has 0 spiro atoms. The number of hydrogen-bond donors (Lipinski definition) is 1. The fourth-order valence-electron chi connectivity index (χ4n) is 1.78. The van der Waals surface area contributed by atoms with E-state index in [1.54, 1.807) is 17.4 Å². The van der Waals surface area contributed by atoms with Crippen LogP contribution in [0.3, 0.4) is 0 Å². The predicted molar refractivity (Wildman–Crippen MR) is 78.0 cm³/mol. The Kier molecular flexibility index (Phi) is 4.37. The Morgan fingerprint density at radius 1 is 1.28 bits per heavy atom. The highest BCUT2D eigenvalue weighted by atomic mass is 79.9. The lowest BCUT2D eigenvalue weighted by atomic mass is 10.2. The molecule has 0 unspecified atom stereocenters. The van der Waals surface area contributed by atoms with Gasteiger partial charge in [0.15, 0.2) is 0 Å². The van der Waals surface area contributed by atoms with Crippen molar-refractivity contribution in [3.05, 3.63) is 50.4 Å². The molecule has 0 aliphatic carbocycles. The highest BCUT2D eigenvalue weighted by Crippen LogP contribution is 2.22. The van der Waals surface area contributed by atoms with Crippen molar-refractivity contribution < 1.29 is 4.39 Å². The van der Waals surface area contributed by atoms with Crippen molar-refractivity contribution in [1.82, 2.24) is 4.90 Å². The summed E-state index contributed by atoms with van der Waals surface area (Å²) in [7, 11) is 2.01. The van der Waals surface area contributed by atoms with E-state index < -0.39 is 0 Å². The van der Waals surface area contributed by atoms with E-state index in [-0.39, 0.29) is 11.5 Å². The van der Waals surface area contributed by atoms with Crippen molar-refractivity contribution >= 4 is 33.0 Å². The third-order valence-electron chi connectivity index (χ3n) is 2.59. The Hall–Kier alpha value is -0.910. The van der Waals surface area contributed by atoms with Gasteiger partial charge in [0.05, 0.1) is 9.47 Å². The molecule has 0 aliphatic heterocycles. The van der Waals surface area contributed by atoms with Crippen LogP contribution in [-0.4, -0.2) is 11.9 Å². The van der Waals surface area contributed by atoms with E-state index in [1.807, 2.05) is 13.1 Å². The lowest BCUT2D eigenvalue weighted by molar-refractivity contribution is 0.319. The molecule has 0 atom stereocenters. The second-order valence-electron chi connectivity index (χ2n) is 4.29. The predicted octanol–water partition coefficient (Wildman–Crippen LogP) is 3.86. The van der Waals surface area contributed by atoms with E-state index in [4.69, 9.17) is 5.73 Å². The minimum atomic E-state index is -0.348. The van der Waals surface area contributed by atoms with Crippen LogP contribution in [0, 0.1) is 5.82 Å². The lowest BCUT2D eigenvalue weighted by Crippen LogP contribution is -2.17. The van der Waals surface area contributed by atoms with E-state index >= 15 is 0 Å². The minimum Gasteiger partial charge on any atom is -0.396 e. The molecule has 0 saturated carbocycles.